The molecule has 0 amide bonds. The minimum Gasteiger partial charge on any atom is -0.356 e. The van der Waals surface area contributed by atoms with Crippen LogP contribution in [0.1, 0.15) is 12.0 Å². The molecule has 0 aromatic heterocycles. The molecular formula is C17H27N5. The summed E-state index contributed by atoms with van der Waals surface area (Å²) in [5.74, 6) is 0.981. The van der Waals surface area contributed by atoms with Crippen molar-refractivity contribution in [2.24, 2.45) is 4.99 Å². The minimum absolute atomic E-state index is 0.952. The van der Waals surface area contributed by atoms with Crippen molar-refractivity contribution in [1.29, 1.82) is 0 Å². The Morgan fingerprint density at radius 1 is 1.05 bits per heavy atom. The van der Waals surface area contributed by atoms with Crippen molar-refractivity contribution in [1.82, 2.24) is 20.4 Å². The van der Waals surface area contributed by atoms with Crippen molar-refractivity contribution in [2.75, 3.05) is 52.4 Å². The predicted molar refractivity (Wildman–Crippen MR) is 91.1 cm³/mol. The first kappa shape index (κ1) is 15.3. The van der Waals surface area contributed by atoms with Gasteiger partial charge in [0.15, 0.2) is 5.96 Å². The molecule has 2 aliphatic heterocycles. The highest BCUT2D eigenvalue weighted by molar-refractivity contribution is 5.80. The van der Waals surface area contributed by atoms with Crippen molar-refractivity contribution >= 4 is 5.96 Å². The smallest absolute Gasteiger partial charge is 0.191 e. The molecule has 2 aliphatic rings. The Morgan fingerprint density at radius 3 is 2.55 bits per heavy atom. The molecule has 0 aliphatic carbocycles. The van der Waals surface area contributed by atoms with Gasteiger partial charge in [-0.05, 0) is 12.0 Å². The summed E-state index contributed by atoms with van der Waals surface area (Å²) >= 11 is 0. The summed E-state index contributed by atoms with van der Waals surface area (Å²) in [5, 5.41) is 6.71. The Bertz CT molecular complexity index is 465. The second kappa shape index (κ2) is 8.15. The van der Waals surface area contributed by atoms with E-state index in [0.717, 1.165) is 71.3 Å². The van der Waals surface area contributed by atoms with Crippen LogP contribution in [0.15, 0.2) is 35.3 Å². The standard InChI is InChI=1S/C17H27N5/c1-2-5-16(6-3-1)15-22-13-11-21(12-14-22)10-9-20-17-18-7-4-8-19-17/h1-3,5-6H,4,7-15H2,(H2,18,19,20). The second-order valence-electron chi connectivity index (χ2n) is 6.04. The largest absolute Gasteiger partial charge is 0.356 e. The number of hydrogen-bond acceptors (Lipinski definition) is 5. The SMILES string of the molecule is c1ccc(CN2CCN(CCNC3=NCCCN3)CC2)cc1. The Kier molecular flexibility index (Phi) is 5.67. The molecule has 1 fully saturated rings. The highest BCUT2D eigenvalue weighted by atomic mass is 15.3. The van der Waals surface area contributed by atoms with Crippen molar-refractivity contribution in [3.8, 4) is 0 Å². The second-order valence-corrected chi connectivity index (χ2v) is 6.04. The average molecular weight is 301 g/mol. The maximum atomic E-state index is 4.44. The highest BCUT2D eigenvalue weighted by Gasteiger charge is 2.16. The van der Waals surface area contributed by atoms with Gasteiger partial charge in [-0.3, -0.25) is 14.8 Å². The first-order valence-corrected chi connectivity index (χ1v) is 8.41. The van der Waals surface area contributed by atoms with E-state index in [1.54, 1.807) is 0 Å². The molecule has 5 heteroatoms. The molecular weight excluding hydrogens is 274 g/mol. The number of nitrogens with zero attached hydrogens (tertiary/aromatic N) is 3. The van der Waals surface area contributed by atoms with Gasteiger partial charge in [-0.25, -0.2) is 0 Å². The Hall–Kier alpha value is -1.59. The van der Waals surface area contributed by atoms with E-state index in [1.165, 1.54) is 5.56 Å². The van der Waals surface area contributed by atoms with E-state index >= 15 is 0 Å². The zero-order chi connectivity index (χ0) is 15.0. The van der Waals surface area contributed by atoms with E-state index in [2.05, 4.69) is 55.8 Å². The van der Waals surface area contributed by atoms with Gasteiger partial charge in [0, 0.05) is 58.9 Å². The van der Waals surface area contributed by atoms with Gasteiger partial charge in [-0.15, -0.1) is 0 Å². The molecule has 0 spiro atoms. The van der Waals surface area contributed by atoms with Gasteiger partial charge in [0.25, 0.3) is 0 Å². The minimum atomic E-state index is 0.952. The van der Waals surface area contributed by atoms with Crippen LogP contribution in [0.4, 0.5) is 0 Å². The van der Waals surface area contributed by atoms with E-state index in [1.807, 2.05) is 0 Å². The van der Waals surface area contributed by atoms with Crippen LogP contribution in [0, 0.1) is 0 Å². The Morgan fingerprint density at radius 2 is 1.82 bits per heavy atom. The lowest BCUT2D eigenvalue weighted by Gasteiger charge is -2.34. The molecule has 1 aromatic carbocycles. The summed E-state index contributed by atoms with van der Waals surface area (Å²) in [7, 11) is 0. The number of guanidine groups is 1. The number of benzene rings is 1. The van der Waals surface area contributed by atoms with Crippen LogP contribution in [0.25, 0.3) is 0 Å². The van der Waals surface area contributed by atoms with Gasteiger partial charge >= 0.3 is 0 Å². The summed E-state index contributed by atoms with van der Waals surface area (Å²) < 4.78 is 0. The summed E-state index contributed by atoms with van der Waals surface area (Å²) in [6.07, 6.45) is 1.15. The van der Waals surface area contributed by atoms with Crippen molar-refractivity contribution < 1.29 is 0 Å². The molecule has 0 atom stereocenters. The van der Waals surface area contributed by atoms with Crippen LogP contribution >= 0.6 is 0 Å². The topological polar surface area (TPSA) is 42.9 Å². The molecule has 3 rings (SSSR count). The quantitative estimate of drug-likeness (QED) is 0.842. The molecule has 1 saturated heterocycles. The molecule has 0 bridgehead atoms. The maximum Gasteiger partial charge on any atom is 0.191 e. The monoisotopic (exact) mass is 301 g/mol. The van der Waals surface area contributed by atoms with Gasteiger partial charge in [0.05, 0.1) is 0 Å². The van der Waals surface area contributed by atoms with Crippen LogP contribution in [0.5, 0.6) is 0 Å². The molecule has 120 valence electrons. The molecule has 22 heavy (non-hydrogen) atoms. The Labute approximate surface area is 133 Å². The molecule has 1 aromatic rings. The van der Waals surface area contributed by atoms with Crippen LogP contribution in [-0.4, -0.2) is 68.1 Å². The van der Waals surface area contributed by atoms with Gasteiger partial charge in [0.1, 0.15) is 0 Å². The summed E-state index contributed by atoms with van der Waals surface area (Å²) in [6.45, 7) is 9.79. The molecule has 0 saturated carbocycles. The summed E-state index contributed by atoms with van der Waals surface area (Å²) in [5.41, 5.74) is 1.42. The molecule has 2 N–H and O–H groups in total. The maximum absolute atomic E-state index is 4.44. The average Bonchev–Trinajstić information content (AvgIpc) is 2.58. The predicted octanol–water partition coefficient (Wildman–Crippen LogP) is 0.743. The van der Waals surface area contributed by atoms with Gasteiger partial charge in [-0.1, -0.05) is 30.3 Å². The van der Waals surface area contributed by atoms with E-state index in [4.69, 9.17) is 0 Å². The van der Waals surface area contributed by atoms with Crippen LogP contribution in [0.2, 0.25) is 0 Å². The molecule has 0 radical (unpaired) electrons. The lowest BCUT2D eigenvalue weighted by atomic mass is 10.2. The van der Waals surface area contributed by atoms with Crippen LogP contribution in [-0.2, 0) is 6.54 Å². The fourth-order valence-electron chi connectivity index (χ4n) is 3.00. The lowest BCUT2D eigenvalue weighted by Crippen LogP contribution is -2.49. The summed E-state index contributed by atoms with van der Waals surface area (Å²) in [4.78, 5) is 9.53. The van der Waals surface area contributed by atoms with E-state index in [9.17, 15) is 0 Å². The molecule has 2 heterocycles. The number of piperazine rings is 1. The highest BCUT2D eigenvalue weighted by Crippen LogP contribution is 2.07. The summed E-state index contributed by atoms with van der Waals surface area (Å²) in [6, 6.07) is 10.8. The fourth-order valence-corrected chi connectivity index (χ4v) is 3.00. The third kappa shape index (κ3) is 4.71. The zero-order valence-corrected chi connectivity index (χ0v) is 13.3. The molecule has 0 unspecified atom stereocenters. The van der Waals surface area contributed by atoms with Gasteiger partial charge < -0.3 is 10.6 Å². The van der Waals surface area contributed by atoms with Crippen molar-refractivity contribution in [3.05, 3.63) is 35.9 Å². The first-order chi connectivity index (χ1) is 10.9. The Balaban J connectivity index is 1.32. The normalized spacial score (nSPS) is 20.3. The third-order valence-corrected chi connectivity index (χ3v) is 4.33. The van der Waals surface area contributed by atoms with E-state index in [0.29, 0.717) is 0 Å². The fraction of sp³-hybridized carbons (Fsp3) is 0.588. The van der Waals surface area contributed by atoms with Crippen molar-refractivity contribution in [3.63, 3.8) is 0 Å². The van der Waals surface area contributed by atoms with E-state index in [-0.39, 0.29) is 0 Å². The number of rotatable bonds is 5. The van der Waals surface area contributed by atoms with Crippen LogP contribution < -0.4 is 10.6 Å². The number of nitrogens with one attached hydrogen (secondary N) is 2. The molecule has 5 nitrogen and oxygen atoms in total. The number of aliphatic imine (C=N–C) groups is 1. The number of hydrogen-bond donors (Lipinski definition) is 2. The van der Waals surface area contributed by atoms with Gasteiger partial charge in [-0.2, -0.15) is 0 Å². The zero-order valence-electron chi connectivity index (χ0n) is 13.3. The van der Waals surface area contributed by atoms with Crippen LogP contribution in [0.3, 0.4) is 0 Å². The van der Waals surface area contributed by atoms with Crippen molar-refractivity contribution in [2.45, 2.75) is 13.0 Å². The van der Waals surface area contributed by atoms with Gasteiger partial charge in [0.2, 0.25) is 0 Å². The third-order valence-electron chi connectivity index (χ3n) is 4.33. The lowest BCUT2D eigenvalue weighted by molar-refractivity contribution is 0.129. The first-order valence-electron chi connectivity index (χ1n) is 8.41. The van der Waals surface area contributed by atoms with E-state index < -0.39 is 0 Å².